The van der Waals surface area contributed by atoms with E-state index in [1.54, 1.807) is 18.4 Å². The Labute approximate surface area is 188 Å². The Bertz CT molecular complexity index is 941. The van der Waals surface area contributed by atoms with Crippen molar-refractivity contribution < 1.29 is 14.2 Å². The number of methoxy groups -OCH3 is 1. The third-order valence-electron chi connectivity index (χ3n) is 7.22. The van der Waals surface area contributed by atoms with E-state index in [0.717, 1.165) is 69.0 Å². The third-order valence-corrected chi connectivity index (χ3v) is 8.40. The van der Waals surface area contributed by atoms with Gasteiger partial charge in [-0.2, -0.15) is 5.26 Å². The van der Waals surface area contributed by atoms with Gasteiger partial charge in [-0.1, -0.05) is 0 Å². The molecule has 0 bridgehead atoms. The van der Waals surface area contributed by atoms with E-state index in [1.165, 1.54) is 28.7 Å². The average molecular weight is 442 g/mol. The van der Waals surface area contributed by atoms with E-state index in [-0.39, 0.29) is 12.2 Å². The van der Waals surface area contributed by atoms with Gasteiger partial charge in [0.05, 0.1) is 30.8 Å². The lowest BCUT2D eigenvalue weighted by molar-refractivity contribution is -0.000920. The van der Waals surface area contributed by atoms with Crippen LogP contribution in [0.1, 0.15) is 54.9 Å². The summed E-state index contributed by atoms with van der Waals surface area (Å²) in [6.07, 6.45) is 9.26. The lowest BCUT2D eigenvalue weighted by Crippen LogP contribution is -2.46. The second-order valence-electron chi connectivity index (χ2n) is 8.95. The molecule has 2 fully saturated rings. The highest BCUT2D eigenvalue weighted by atomic mass is 32.1. The van der Waals surface area contributed by atoms with Crippen LogP contribution in [0.2, 0.25) is 0 Å². The van der Waals surface area contributed by atoms with Crippen LogP contribution in [-0.2, 0) is 15.9 Å². The van der Waals surface area contributed by atoms with E-state index < -0.39 is 0 Å². The van der Waals surface area contributed by atoms with Gasteiger partial charge in [-0.3, -0.25) is 4.90 Å². The lowest BCUT2D eigenvalue weighted by atomic mass is 9.91. The number of hydrogen-bond donors (Lipinski definition) is 0. The number of thiophene rings is 1. The Morgan fingerprint density at radius 2 is 2.06 bits per heavy atom. The molecular formula is C24H31N3O3S. The number of nitriles is 1. The minimum absolute atomic E-state index is 0.268. The van der Waals surface area contributed by atoms with Crippen LogP contribution < -0.4 is 4.74 Å². The smallest absolute Gasteiger partial charge is 0.144 e. The number of nitrogens with zero attached hydrogens (tertiary/aromatic N) is 3. The van der Waals surface area contributed by atoms with Crippen molar-refractivity contribution in [3.63, 3.8) is 0 Å². The monoisotopic (exact) mass is 441 g/mol. The van der Waals surface area contributed by atoms with Crippen molar-refractivity contribution in [3.8, 4) is 11.8 Å². The van der Waals surface area contributed by atoms with E-state index in [4.69, 9.17) is 14.2 Å². The number of aromatic nitrogens is 1. The molecule has 3 aliphatic rings. The molecule has 0 amide bonds. The first-order chi connectivity index (χ1) is 15.3. The highest BCUT2D eigenvalue weighted by Gasteiger charge is 2.33. The highest BCUT2D eigenvalue weighted by molar-refractivity contribution is 7.19. The van der Waals surface area contributed by atoms with Gasteiger partial charge < -0.3 is 14.2 Å². The zero-order chi connectivity index (χ0) is 21.2. The molecule has 6 nitrogen and oxygen atoms in total. The normalized spacial score (nSPS) is 27.7. The van der Waals surface area contributed by atoms with Gasteiger partial charge in [0.15, 0.2) is 0 Å². The number of ether oxygens (including phenoxy) is 3. The Balaban J connectivity index is 1.31. The molecule has 2 aliphatic carbocycles. The molecule has 2 aromatic heterocycles. The molecule has 2 aromatic rings. The molecule has 0 aromatic carbocycles. The Hall–Kier alpha value is -1.72. The van der Waals surface area contributed by atoms with E-state index in [2.05, 4.69) is 16.0 Å². The van der Waals surface area contributed by atoms with Gasteiger partial charge in [0, 0.05) is 37.3 Å². The van der Waals surface area contributed by atoms with Gasteiger partial charge in [-0.15, -0.1) is 11.3 Å². The fraction of sp³-hybridized carbons (Fsp3) is 0.667. The number of fused-ring (bicyclic) bond motifs is 3. The molecule has 7 heteroatoms. The van der Waals surface area contributed by atoms with E-state index in [9.17, 15) is 5.26 Å². The van der Waals surface area contributed by atoms with Gasteiger partial charge in [0.1, 0.15) is 16.7 Å². The molecule has 166 valence electrons. The van der Waals surface area contributed by atoms with E-state index in [0.29, 0.717) is 12.0 Å². The number of pyridine rings is 1. The van der Waals surface area contributed by atoms with Crippen molar-refractivity contribution in [1.29, 1.82) is 5.26 Å². The summed E-state index contributed by atoms with van der Waals surface area (Å²) in [5.41, 5.74) is 1.36. The van der Waals surface area contributed by atoms with Crippen LogP contribution in [0.25, 0.3) is 10.2 Å². The number of rotatable bonds is 6. The topological polar surface area (TPSA) is 67.6 Å². The summed E-state index contributed by atoms with van der Waals surface area (Å²) in [5, 5.41) is 10.6. The van der Waals surface area contributed by atoms with Gasteiger partial charge in [-0.25, -0.2) is 4.98 Å². The fourth-order valence-corrected chi connectivity index (χ4v) is 6.83. The van der Waals surface area contributed by atoms with Gasteiger partial charge >= 0.3 is 0 Å². The summed E-state index contributed by atoms with van der Waals surface area (Å²) in [4.78, 5) is 9.73. The second-order valence-corrected chi connectivity index (χ2v) is 10.0. The van der Waals surface area contributed by atoms with Crippen LogP contribution in [0.15, 0.2) is 12.3 Å². The molecule has 3 heterocycles. The predicted octanol–water partition coefficient (Wildman–Crippen LogP) is 4.28. The first-order valence-electron chi connectivity index (χ1n) is 11.6. The maximum absolute atomic E-state index is 9.36. The van der Waals surface area contributed by atoms with Crippen molar-refractivity contribution in [3.05, 3.63) is 22.7 Å². The average Bonchev–Trinajstić information content (AvgIpc) is 3.38. The fourth-order valence-electron chi connectivity index (χ4n) is 5.57. The second kappa shape index (κ2) is 9.41. The van der Waals surface area contributed by atoms with Gasteiger partial charge in [0.25, 0.3) is 0 Å². The van der Waals surface area contributed by atoms with Crippen molar-refractivity contribution >= 4 is 21.6 Å². The highest BCUT2D eigenvalue weighted by Crippen LogP contribution is 2.48. The molecule has 0 radical (unpaired) electrons. The van der Waals surface area contributed by atoms with Crippen LogP contribution in [0, 0.1) is 11.3 Å². The number of morpholine rings is 1. The third kappa shape index (κ3) is 4.31. The molecule has 0 N–H and O–H groups in total. The van der Waals surface area contributed by atoms with Crippen LogP contribution in [-0.4, -0.2) is 61.5 Å². The summed E-state index contributed by atoms with van der Waals surface area (Å²) < 4.78 is 17.5. The predicted molar refractivity (Wildman–Crippen MR) is 121 cm³/mol. The molecule has 5 rings (SSSR count). The van der Waals surface area contributed by atoms with Gasteiger partial charge in [0.2, 0.25) is 0 Å². The lowest BCUT2D eigenvalue weighted by Gasteiger charge is -2.38. The van der Waals surface area contributed by atoms with Crippen molar-refractivity contribution in [2.45, 2.75) is 69.1 Å². The summed E-state index contributed by atoms with van der Waals surface area (Å²) in [7, 11) is 1.62. The molecule has 1 saturated carbocycles. The zero-order valence-electron chi connectivity index (χ0n) is 18.2. The van der Waals surface area contributed by atoms with Crippen molar-refractivity contribution in [2.75, 3.05) is 33.4 Å². The van der Waals surface area contributed by atoms with Crippen molar-refractivity contribution in [2.24, 2.45) is 0 Å². The molecule has 1 aliphatic heterocycles. The summed E-state index contributed by atoms with van der Waals surface area (Å²) >= 11 is 1.79. The summed E-state index contributed by atoms with van der Waals surface area (Å²) in [6, 6.07) is 5.00. The minimum Gasteiger partial charge on any atom is -0.490 e. The molecule has 0 unspecified atom stereocenters. The molecule has 0 spiro atoms. The first kappa shape index (κ1) is 21.1. The van der Waals surface area contributed by atoms with Gasteiger partial charge in [-0.05, 0) is 62.5 Å². The van der Waals surface area contributed by atoms with E-state index in [1.807, 2.05) is 12.3 Å². The SMILES string of the molecule is CO[C@H](C#N)C[C@H]1CCc2sc3nccc(OC4CCC(N5CCOCC5)CC4)c3c21. The minimum atomic E-state index is -0.359. The molecular weight excluding hydrogens is 410 g/mol. The van der Waals surface area contributed by atoms with Crippen LogP contribution in [0.3, 0.4) is 0 Å². The summed E-state index contributed by atoms with van der Waals surface area (Å²) in [6.45, 7) is 3.86. The standard InChI is InChI=1S/C24H31N3O3S/c1-28-19(15-25)14-16-2-7-21-22(16)23-20(8-9-26-24(23)31-21)30-18-5-3-17(4-6-18)27-10-12-29-13-11-27/h8-9,16-19H,2-7,10-14H2,1H3/t16-,17?,18?,19+/m1/s1. The van der Waals surface area contributed by atoms with E-state index >= 15 is 0 Å². The van der Waals surface area contributed by atoms with Crippen LogP contribution in [0.4, 0.5) is 0 Å². The molecule has 2 atom stereocenters. The Morgan fingerprint density at radius 3 is 2.81 bits per heavy atom. The Kier molecular flexibility index (Phi) is 6.42. The summed E-state index contributed by atoms with van der Waals surface area (Å²) in [5.74, 6) is 1.33. The van der Waals surface area contributed by atoms with Crippen LogP contribution >= 0.6 is 11.3 Å². The first-order valence-corrected chi connectivity index (χ1v) is 12.4. The maximum Gasteiger partial charge on any atom is 0.144 e. The van der Waals surface area contributed by atoms with Crippen molar-refractivity contribution in [1.82, 2.24) is 9.88 Å². The Morgan fingerprint density at radius 1 is 1.26 bits per heavy atom. The zero-order valence-corrected chi connectivity index (χ0v) is 19.0. The van der Waals surface area contributed by atoms with Crippen LogP contribution in [0.5, 0.6) is 5.75 Å². The largest absolute Gasteiger partial charge is 0.490 e. The number of hydrogen-bond acceptors (Lipinski definition) is 7. The number of aryl methyl sites for hydroxylation is 1. The molecule has 1 saturated heterocycles. The quantitative estimate of drug-likeness (QED) is 0.667. The maximum atomic E-state index is 9.36. The molecule has 31 heavy (non-hydrogen) atoms.